The van der Waals surface area contributed by atoms with Crippen molar-refractivity contribution < 1.29 is 33.4 Å². The lowest BCUT2D eigenvalue weighted by Crippen LogP contribution is -2.53. The van der Waals surface area contributed by atoms with Crippen LogP contribution in [0.1, 0.15) is 16.7 Å². The number of nitrogens with zero attached hydrogens (tertiary/aromatic N) is 1. The van der Waals surface area contributed by atoms with Crippen molar-refractivity contribution >= 4 is 23.4 Å². The van der Waals surface area contributed by atoms with E-state index in [4.69, 9.17) is 9.47 Å². The van der Waals surface area contributed by atoms with Gasteiger partial charge in [0.2, 0.25) is 17.7 Å². The average molecular weight is 546 g/mol. The number of benzene rings is 3. The Kier molecular flexibility index (Phi) is 6.22. The van der Waals surface area contributed by atoms with Crippen LogP contribution < -0.4 is 20.1 Å². The second-order valence-electron chi connectivity index (χ2n) is 10.3. The number of hydrogen-bond donors (Lipinski definition) is 3. The van der Waals surface area contributed by atoms with Crippen LogP contribution in [0, 0.1) is 17.7 Å². The van der Waals surface area contributed by atoms with Crippen molar-refractivity contribution in [3.05, 3.63) is 83.2 Å². The van der Waals surface area contributed by atoms with Crippen molar-refractivity contribution in [1.82, 2.24) is 10.2 Å². The average Bonchev–Trinajstić information content (AvgIpc) is 3.52. The molecule has 10 heteroatoms. The number of imide groups is 1. The molecule has 2 saturated heterocycles. The van der Waals surface area contributed by atoms with Gasteiger partial charge >= 0.3 is 0 Å². The summed E-state index contributed by atoms with van der Waals surface area (Å²) >= 11 is 0. The van der Waals surface area contributed by atoms with Gasteiger partial charge in [0.15, 0.2) is 11.5 Å². The van der Waals surface area contributed by atoms with Crippen molar-refractivity contribution in [3.8, 4) is 17.2 Å². The van der Waals surface area contributed by atoms with Crippen molar-refractivity contribution in [1.29, 1.82) is 0 Å². The number of halogens is 1. The number of likely N-dealkylation sites (tertiary alicyclic amines) is 1. The van der Waals surface area contributed by atoms with Crippen LogP contribution in [0.15, 0.2) is 60.7 Å². The van der Waals surface area contributed by atoms with Crippen LogP contribution in [0.3, 0.4) is 0 Å². The summed E-state index contributed by atoms with van der Waals surface area (Å²) in [6.07, 6.45) is 0.696. The summed E-state index contributed by atoms with van der Waals surface area (Å²) < 4.78 is 25.1. The summed E-state index contributed by atoms with van der Waals surface area (Å²) in [4.78, 5) is 42.7. The largest absolute Gasteiger partial charge is 0.508 e. The zero-order valence-corrected chi connectivity index (χ0v) is 21.9. The van der Waals surface area contributed by atoms with E-state index in [1.54, 1.807) is 43.5 Å². The first-order chi connectivity index (χ1) is 19.3. The minimum Gasteiger partial charge on any atom is -0.508 e. The molecular formula is C30H28FN3O6. The molecule has 2 fully saturated rings. The molecule has 6 rings (SSSR count). The molecule has 3 N–H and O–H groups in total. The number of amides is 3. The number of carbonyl (C=O) groups excluding carboxylic acids is 3. The van der Waals surface area contributed by atoms with Crippen LogP contribution in [0.5, 0.6) is 17.2 Å². The number of fused-ring (bicyclic) bond motifs is 4. The number of nitrogens with one attached hydrogen (secondary N) is 2. The molecular weight excluding hydrogens is 517 g/mol. The summed E-state index contributed by atoms with van der Waals surface area (Å²) in [6.45, 7) is 0.111. The quantitative estimate of drug-likeness (QED) is 0.391. The topological polar surface area (TPSA) is 117 Å². The normalized spacial score (nSPS) is 24.8. The van der Waals surface area contributed by atoms with E-state index in [1.807, 2.05) is 6.07 Å². The highest BCUT2D eigenvalue weighted by Crippen LogP contribution is 2.53. The van der Waals surface area contributed by atoms with E-state index >= 15 is 0 Å². The number of methoxy groups -OCH3 is 2. The Morgan fingerprint density at radius 1 is 0.925 bits per heavy atom. The number of ether oxygens (including phenoxy) is 2. The molecule has 3 aliphatic rings. The number of aromatic hydroxyl groups is 1. The van der Waals surface area contributed by atoms with Gasteiger partial charge in [-0.15, -0.1) is 0 Å². The molecule has 0 radical (unpaired) electrons. The fourth-order valence-electron chi connectivity index (χ4n) is 6.39. The van der Waals surface area contributed by atoms with Gasteiger partial charge in [-0.2, -0.15) is 0 Å². The molecule has 0 saturated carbocycles. The van der Waals surface area contributed by atoms with Gasteiger partial charge in [-0.1, -0.05) is 18.2 Å². The lowest BCUT2D eigenvalue weighted by Gasteiger charge is -2.29. The SMILES string of the molecule is COc1ccc(CCN2C(=O)[C@H]3[C@@H](C2=O)[C@]2(N[C@@H]3Cc3ccc(O)cc3)C(=O)Nc3ccc(F)cc32)cc1OC. The lowest BCUT2D eigenvalue weighted by atomic mass is 9.76. The fraction of sp³-hybridized carbons (Fsp3) is 0.300. The number of phenolic OH excluding ortho intramolecular Hbond substituents is 1. The molecule has 3 heterocycles. The van der Waals surface area contributed by atoms with Crippen LogP contribution >= 0.6 is 0 Å². The van der Waals surface area contributed by atoms with Gasteiger partial charge in [0.1, 0.15) is 17.1 Å². The highest BCUT2D eigenvalue weighted by Gasteiger charge is 2.70. The molecule has 40 heavy (non-hydrogen) atoms. The Morgan fingerprint density at radius 3 is 2.38 bits per heavy atom. The molecule has 206 valence electrons. The molecule has 3 aromatic rings. The van der Waals surface area contributed by atoms with Gasteiger partial charge in [-0.05, 0) is 66.4 Å². The highest BCUT2D eigenvalue weighted by atomic mass is 19.1. The molecule has 4 atom stereocenters. The third-order valence-corrected chi connectivity index (χ3v) is 8.23. The van der Waals surface area contributed by atoms with Crippen LogP contribution in [0.4, 0.5) is 10.1 Å². The van der Waals surface area contributed by atoms with E-state index in [-0.39, 0.29) is 18.2 Å². The molecule has 9 nitrogen and oxygen atoms in total. The predicted octanol–water partition coefficient (Wildman–Crippen LogP) is 2.75. The first-order valence-corrected chi connectivity index (χ1v) is 13.0. The van der Waals surface area contributed by atoms with Crippen LogP contribution in [-0.2, 0) is 32.8 Å². The molecule has 3 aromatic carbocycles. The summed E-state index contributed by atoms with van der Waals surface area (Å²) in [5.41, 5.74) is 0.799. The Labute approximate surface area is 229 Å². The van der Waals surface area contributed by atoms with Gasteiger partial charge in [0.05, 0.1) is 26.1 Å². The molecule has 3 aliphatic heterocycles. The summed E-state index contributed by atoms with van der Waals surface area (Å²) in [5, 5.41) is 15.8. The van der Waals surface area contributed by atoms with Gasteiger partial charge in [-0.3, -0.25) is 24.6 Å². The monoisotopic (exact) mass is 545 g/mol. The first-order valence-electron chi connectivity index (χ1n) is 13.0. The van der Waals surface area contributed by atoms with Crippen LogP contribution in [0.2, 0.25) is 0 Å². The van der Waals surface area contributed by atoms with Gasteiger partial charge < -0.3 is 19.9 Å². The standard InChI is InChI=1S/C30H28FN3O6/c1-39-23-10-5-17(14-24(23)40-2)11-12-34-27(36)25-22(13-16-3-7-19(35)8-4-16)33-30(26(25)28(34)37)20-15-18(31)6-9-21(20)32-29(30)38/h3-10,14-15,22,25-26,33,35H,11-13H2,1-2H3,(H,32,38)/t22-,25-,26+,30+/m1/s1. The maximum Gasteiger partial charge on any atom is 0.250 e. The molecule has 3 amide bonds. The van der Waals surface area contributed by atoms with E-state index in [2.05, 4.69) is 10.6 Å². The number of anilines is 1. The van der Waals surface area contributed by atoms with E-state index in [9.17, 15) is 23.9 Å². The van der Waals surface area contributed by atoms with E-state index in [1.165, 1.54) is 30.2 Å². The molecule has 0 aromatic heterocycles. The summed E-state index contributed by atoms with van der Waals surface area (Å²) in [7, 11) is 3.07. The maximum absolute atomic E-state index is 14.5. The third kappa shape index (κ3) is 3.90. The lowest BCUT2D eigenvalue weighted by molar-refractivity contribution is -0.142. The second kappa shape index (κ2) is 9.63. The fourth-order valence-corrected chi connectivity index (χ4v) is 6.39. The summed E-state index contributed by atoms with van der Waals surface area (Å²) in [6, 6.07) is 15.3. The van der Waals surface area contributed by atoms with Crippen molar-refractivity contribution in [3.63, 3.8) is 0 Å². The Morgan fingerprint density at radius 2 is 1.65 bits per heavy atom. The van der Waals surface area contributed by atoms with Crippen molar-refractivity contribution in [2.24, 2.45) is 11.8 Å². The van der Waals surface area contributed by atoms with Crippen LogP contribution in [-0.4, -0.2) is 54.5 Å². The number of phenols is 1. The Hall–Kier alpha value is -4.44. The van der Waals surface area contributed by atoms with Crippen LogP contribution in [0.25, 0.3) is 0 Å². The van der Waals surface area contributed by atoms with Crippen molar-refractivity contribution in [2.45, 2.75) is 24.4 Å². The van der Waals surface area contributed by atoms with E-state index in [0.717, 1.165) is 11.1 Å². The molecule has 0 aliphatic carbocycles. The van der Waals surface area contributed by atoms with E-state index < -0.39 is 41.0 Å². The van der Waals surface area contributed by atoms with Crippen molar-refractivity contribution in [2.75, 3.05) is 26.1 Å². The zero-order chi connectivity index (χ0) is 28.2. The van der Waals surface area contributed by atoms with Gasteiger partial charge in [0, 0.05) is 23.8 Å². The molecule has 0 unspecified atom stereocenters. The smallest absolute Gasteiger partial charge is 0.250 e. The Balaban J connectivity index is 1.36. The number of carbonyl (C=O) groups is 3. The second-order valence-corrected chi connectivity index (χ2v) is 10.3. The zero-order valence-electron chi connectivity index (χ0n) is 21.9. The molecule has 0 bridgehead atoms. The highest BCUT2D eigenvalue weighted by molar-refractivity contribution is 6.15. The third-order valence-electron chi connectivity index (χ3n) is 8.23. The molecule has 1 spiro atoms. The maximum atomic E-state index is 14.5. The Bertz CT molecular complexity index is 1530. The minimum atomic E-state index is -1.59. The number of rotatable bonds is 7. The van der Waals surface area contributed by atoms with Gasteiger partial charge in [0.25, 0.3) is 0 Å². The minimum absolute atomic E-state index is 0.102. The van der Waals surface area contributed by atoms with E-state index in [0.29, 0.717) is 35.6 Å². The first kappa shape index (κ1) is 25.8. The van der Waals surface area contributed by atoms with Gasteiger partial charge in [-0.25, -0.2) is 4.39 Å². The number of hydrogen-bond acceptors (Lipinski definition) is 7. The predicted molar refractivity (Wildman–Crippen MR) is 142 cm³/mol. The summed E-state index contributed by atoms with van der Waals surface area (Å²) in [5.74, 6) is -2.56.